The quantitative estimate of drug-likeness (QED) is 0.166. The number of methoxy groups -OCH3 is 1. The van der Waals surface area contributed by atoms with Gasteiger partial charge in [-0.05, 0) is 31.0 Å². The Morgan fingerprint density at radius 2 is 1.68 bits per heavy atom. The lowest BCUT2D eigenvalue weighted by Crippen LogP contribution is -2.38. The van der Waals surface area contributed by atoms with E-state index >= 15 is 0 Å². The molecule has 0 radical (unpaired) electrons. The van der Waals surface area contributed by atoms with Crippen molar-refractivity contribution in [3.8, 4) is 5.75 Å². The molecule has 2 aromatic rings. The van der Waals surface area contributed by atoms with Gasteiger partial charge in [0.05, 0.1) is 20.2 Å². The van der Waals surface area contributed by atoms with Crippen molar-refractivity contribution in [1.29, 1.82) is 0 Å². The number of ether oxygens (including phenoxy) is 1. The summed E-state index contributed by atoms with van der Waals surface area (Å²) in [4.78, 5) is 4.76. The average molecular weight is 543 g/mol. The standard InChI is InChI=1S/C23H38N6O.HI/c1-5-6-7-8-9-10-11-16-24-23(26-18-22-28-27-19(2)29(22)3)25-17-20-12-14-21(30-4)15-13-20;/h12-15H,5-11,16-18H2,1-4H3,(H2,24,25,26);1H. The summed E-state index contributed by atoms with van der Waals surface area (Å²) in [7, 11) is 3.66. The number of aliphatic imine (C=N–C) groups is 1. The van der Waals surface area contributed by atoms with Gasteiger partial charge in [-0.3, -0.25) is 0 Å². The minimum absolute atomic E-state index is 0. The zero-order valence-electron chi connectivity index (χ0n) is 19.5. The molecule has 0 aliphatic heterocycles. The molecule has 0 fully saturated rings. The number of nitrogens with one attached hydrogen (secondary N) is 2. The van der Waals surface area contributed by atoms with Crippen LogP contribution in [0.25, 0.3) is 0 Å². The summed E-state index contributed by atoms with van der Waals surface area (Å²) in [6, 6.07) is 8.02. The molecule has 0 bridgehead atoms. The minimum Gasteiger partial charge on any atom is -0.497 e. The van der Waals surface area contributed by atoms with Crippen molar-refractivity contribution in [3.63, 3.8) is 0 Å². The van der Waals surface area contributed by atoms with E-state index in [-0.39, 0.29) is 24.0 Å². The molecule has 2 rings (SSSR count). The largest absolute Gasteiger partial charge is 0.497 e. The number of aryl methyl sites for hydroxylation is 1. The number of hydrogen-bond acceptors (Lipinski definition) is 4. The Hall–Kier alpha value is -1.84. The summed E-state index contributed by atoms with van der Waals surface area (Å²) in [5, 5.41) is 15.2. The van der Waals surface area contributed by atoms with E-state index in [4.69, 9.17) is 9.73 Å². The van der Waals surface area contributed by atoms with Crippen LogP contribution in [0.1, 0.15) is 69.1 Å². The van der Waals surface area contributed by atoms with E-state index in [0.29, 0.717) is 13.1 Å². The van der Waals surface area contributed by atoms with Crippen molar-refractivity contribution in [3.05, 3.63) is 41.5 Å². The molecule has 174 valence electrons. The molecule has 31 heavy (non-hydrogen) atoms. The van der Waals surface area contributed by atoms with Crippen molar-refractivity contribution in [2.75, 3.05) is 13.7 Å². The van der Waals surface area contributed by atoms with Gasteiger partial charge in [-0.2, -0.15) is 0 Å². The van der Waals surface area contributed by atoms with Crippen molar-refractivity contribution >= 4 is 29.9 Å². The van der Waals surface area contributed by atoms with Crippen molar-refractivity contribution in [2.45, 2.75) is 71.9 Å². The Labute approximate surface area is 204 Å². The van der Waals surface area contributed by atoms with E-state index in [1.54, 1.807) is 7.11 Å². The van der Waals surface area contributed by atoms with E-state index < -0.39 is 0 Å². The third-order valence-electron chi connectivity index (χ3n) is 5.25. The molecule has 2 N–H and O–H groups in total. The second-order valence-corrected chi connectivity index (χ2v) is 7.64. The molecule has 0 spiro atoms. The predicted molar refractivity (Wildman–Crippen MR) is 138 cm³/mol. The monoisotopic (exact) mass is 542 g/mol. The second kappa shape index (κ2) is 15.9. The first-order valence-corrected chi connectivity index (χ1v) is 11.1. The predicted octanol–water partition coefficient (Wildman–Crippen LogP) is 4.74. The molecule has 8 heteroatoms. The number of halogens is 1. The van der Waals surface area contributed by atoms with Crippen LogP contribution in [0.4, 0.5) is 0 Å². The fraction of sp³-hybridized carbons (Fsp3) is 0.609. The van der Waals surface area contributed by atoms with Crippen molar-refractivity contribution in [1.82, 2.24) is 25.4 Å². The van der Waals surface area contributed by atoms with Crippen LogP contribution in [0.2, 0.25) is 0 Å². The topological polar surface area (TPSA) is 76.4 Å². The lowest BCUT2D eigenvalue weighted by atomic mass is 10.1. The van der Waals surface area contributed by atoms with Crippen LogP contribution in [0.15, 0.2) is 29.3 Å². The zero-order valence-corrected chi connectivity index (χ0v) is 21.8. The molecule has 0 saturated heterocycles. The number of rotatable bonds is 13. The van der Waals surface area contributed by atoms with Gasteiger partial charge >= 0.3 is 0 Å². The first kappa shape index (κ1) is 27.2. The Morgan fingerprint density at radius 1 is 1.00 bits per heavy atom. The SMILES string of the molecule is CCCCCCCCCNC(=NCc1ccc(OC)cc1)NCc1nnc(C)n1C.I. The summed E-state index contributed by atoms with van der Waals surface area (Å²) in [6.45, 7) is 6.32. The van der Waals surface area contributed by atoms with E-state index in [2.05, 4.69) is 27.8 Å². The Balaban J connectivity index is 0.00000480. The van der Waals surface area contributed by atoms with E-state index in [1.807, 2.05) is 42.8 Å². The third kappa shape index (κ3) is 10.3. The molecule has 0 aliphatic rings. The summed E-state index contributed by atoms with van der Waals surface area (Å²) in [6.07, 6.45) is 9.07. The van der Waals surface area contributed by atoms with Crippen LogP contribution in [-0.2, 0) is 20.1 Å². The van der Waals surface area contributed by atoms with Gasteiger partial charge in [-0.25, -0.2) is 4.99 Å². The Bertz CT molecular complexity index is 760. The Morgan fingerprint density at radius 3 is 2.29 bits per heavy atom. The molecular weight excluding hydrogens is 503 g/mol. The summed E-state index contributed by atoms with van der Waals surface area (Å²) in [5.41, 5.74) is 1.14. The summed E-state index contributed by atoms with van der Waals surface area (Å²) >= 11 is 0. The van der Waals surface area contributed by atoms with Crippen LogP contribution in [0.5, 0.6) is 5.75 Å². The lowest BCUT2D eigenvalue weighted by Gasteiger charge is -2.13. The van der Waals surface area contributed by atoms with Gasteiger partial charge in [0.15, 0.2) is 11.8 Å². The molecule has 0 unspecified atom stereocenters. The molecular formula is C23H39IN6O. The fourth-order valence-corrected chi connectivity index (χ4v) is 3.13. The van der Waals surface area contributed by atoms with E-state index in [1.165, 1.54) is 38.5 Å². The smallest absolute Gasteiger partial charge is 0.191 e. The fourth-order valence-electron chi connectivity index (χ4n) is 3.13. The molecule has 7 nitrogen and oxygen atoms in total. The number of aromatic nitrogens is 3. The summed E-state index contributed by atoms with van der Waals surface area (Å²) < 4.78 is 7.22. The maximum atomic E-state index is 5.23. The number of unbranched alkanes of at least 4 members (excludes halogenated alkanes) is 6. The molecule has 1 aromatic heterocycles. The van der Waals surface area contributed by atoms with Gasteiger partial charge in [0, 0.05) is 13.6 Å². The molecule has 1 heterocycles. The van der Waals surface area contributed by atoms with Gasteiger partial charge in [-0.1, -0.05) is 57.6 Å². The van der Waals surface area contributed by atoms with E-state index in [0.717, 1.165) is 41.9 Å². The van der Waals surface area contributed by atoms with Crippen molar-refractivity contribution < 1.29 is 4.74 Å². The third-order valence-corrected chi connectivity index (χ3v) is 5.25. The van der Waals surface area contributed by atoms with Crippen LogP contribution in [0.3, 0.4) is 0 Å². The molecule has 0 atom stereocenters. The van der Waals surface area contributed by atoms with Gasteiger partial charge in [0.2, 0.25) is 0 Å². The number of benzene rings is 1. The van der Waals surface area contributed by atoms with Crippen LogP contribution < -0.4 is 15.4 Å². The van der Waals surface area contributed by atoms with Crippen LogP contribution >= 0.6 is 24.0 Å². The minimum atomic E-state index is 0. The average Bonchev–Trinajstić information content (AvgIpc) is 3.09. The van der Waals surface area contributed by atoms with Crippen LogP contribution in [-0.4, -0.2) is 34.4 Å². The second-order valence-electron chi connectivity index (χ2n) is 7.64. The molecule has 1 aromatic carbocycles. The van der Waals surface area contributed by atoms with Gasteiger partial charge in [0.25, 0.3) is 0 Å². The normalized spacial score (nSPS) is 11.2. The van der Waals surface area contributed by atoms with Gasteiger partial charge < -0.3 is 19.9 Å². The van der Waals surface area contributed by atoms with E-state index in [9.17, 15) is 0 Å². The highest BCUT2D eigenvalue weighted by molar-refractivity contribution is 14.0. The lowest BCUT2D eigenvalue weighted by molar-refractivity contribution is 0.414. The first-order chi connectivity index (χ1) is 14.6. The molecule has 0 aliphatic carbocycles. The number of hydrogen-bond donors (Lipinski definition) is 2. The number of nitrogens with zero attached hydrogens (tertiary/aromatic N) is 4. The van der Waals surface area contributed by atoms with Gasteiger partial charge in [0.1, 0.15) is 11.6 Å². The van der Waals surface area contributed by atoms with Crippen molar-refractivity contribution in [2.24, 2.45) is 12.0 Å². The summed E-state index contributed by atoms with van der Waals surface area (Å²) in [5.74, 6) is 3.45. The van der Waals surface area contributed by atoms with Crippen LogP contribution in [0, 0.1) is 6.92 Å². The Kier molecular flexibility index (Phi) is 13.9. The maximum absolute atomic E-state index is 5.23. The van der Waals surface area contributed by atoms with Gasteiger partial charge in [-0.15, -0.1) is 34.2 Å². The highest BCUT2D eigenvalue weighted by atomic mass is 127. The highest BCUT2D eigenvalue weighted by Crippen LogP contribution is 2.12. The maximum Gasteiger partial charge on any atom is 0.191 e. The number of guanidine groups is 1. The zero-order chi connectivity index (χ0) is 21.6. The molecule has 0 amide bonds. The first-order valence-electron chi connectivity index (χ1n) is 11.1. The highest BCUT2D eigenvalue weighted by Gasteiger charge is 2.06. The molecule has 0 saturated carbocycles.